The van der Waals surface area contributed by atoms with Gasteiger partial charge in [-0.05, 0) is 11.6 Å². The Morgan fingerprint density at radius 1 is 1.29 bits per heavy atom. The molecule has 2 heterocycles. The fourth-order valence-electron chi connectivity index (χ4n) is 2.92. The fourth-order valence-corrected chi connectivity index (χ4v) is 3.16. The lowest BCUT2D eigenvalue weighted by molar-refractivity contribution is -0.133. The molecule has 1 aliphatic heterocycles. The van der Waals surface area contributed by atoms with Gasteiger partial charge < -0.3 is 19.9 Å². The summed E-state index contributed by atoms with van der Waals surface area (Å²) in [7, 11) is 2.88. The van der Waals surface area contributed by atoms with Gasteiger partial charge in [0.05, 0.1) is 17.5 Å². The number of anilines is 1. The van der Waals surface area contributed by atoms with Crippen molar-refractivity contribution in [3.8, 4) is 0 Å². The molecule has 0 bridgehead atoms. The van der Waals surface area contributed by atoms with Crippen molar-refractivity contribution in [3.05, 3.63) is 57.9 Å². The number of nitrogens with one attached hydrogen (secondary N) is 2. The summed E-state index contributed by atoms with van der Waals surface area (Å²) in [5.74, 6) is -1.11. The van der Waals surface area contributed by atoms with Crippen LogP contribution in [0.1, 0.15) is 17.0 Å². The molecule has 1 unspecified atom stereocenters. The number of benzene rings is 1. The van der Waals surface area contributed by atoms with Crippen LogP contribution >= 0.6 is 11.6 Å². The van der Waals surface area contributed by atoms with Crippen molar-refractivity contribution in [2.45, 2.75) is 12.2 Å². The van der Waals surface area contributed by atoms with Crippen molar-refractivity contribution < 1.29 is 19.4 Å². The molecule has 3 rings (SSSR count). The van der Waals surface area contributed by atoms with Crippen molar-refractivity contribution in [2.75, 3.05) is 19.5 Å². The van der Waals surface area contributed by atoms with Crippen molar-refractivity contribution in [3.63, 3.8) is 0 Å². The minimum absolute atomic E-state index is 0.103. The second-order valence-corrected chi connectivity index (χ2v) is 5.62. The van der Waals surface area contributed by atoms with E-state index in [4.69, 9.17) is 21.1 Å². The number of carboxylic acid groups (broad SMARTS) is 1. The van der Waals surface area contributed by atoms with Crippen LogP contribution < -0.4 is 5.32 Å². The number of fused-ring (bicyclic) bond motifs is 1. The van der Waals surface area contributed by atoms with Crippen LogP contribution in [-0.2, 0) is 14.3 Å². The van der Waals surface area contributed by atoms with Crippen LogP contribution in [0.3, 0.4) is 0 Å². The molecule has 1 aromatic carbocycles. The topological polar surface area (TPSA) is 96.5 Å². The maximum absolute atomic E-state index is 12.0. The number of methoxy groups -OCH3 is 2. The zero-order valence-corrected chi connectivity index (χ0v) is 13.8. The molecule has 126 valence electrons. The summed E-state index contributed by atoms with van der Waals surface area (Å²) in [6, 6.07) is 7.12. The number of carbonyl (C=O) groups is 1. The monoisotopic (exact) mass is 349 g/mol. The molecule has 0 fully saturated rings. The van der Waals surface area contributed by atoms with Gasteiger partial charge in [-0.15, -0.1) is 0 Å². The number of ether oxygens (including phenoxy) is 2. The SMILES string of the molecule is COC(OC)C1=C(C(=O)O)C(c2ccccc2Cl)c2cn[nH]c2N1. The van der Waals surface area contributed by atoms with Gasteiger partial charge in [-0.3, -0.25) is 5.10 Å². The van der Waals surface area contributed by atoms with Gasteiger partial charge >= 0.3 is 5.97 Å². The van der Waals surface area contributed by atoms with E-state index < -0.39 is 18.2 Å². The summed E-state index contributed by atoms with van der Waals surface area (Å²) in [5.41, 5.74) is 1.76. The molecule has 3 N–H and O–H groups in total. The zero-order chi connectivity index (χ0) is 17.3. The van der Waals surface area contributed by atoms with Gasteiger partial charge in [-0.25, -0.2) is 4.79 Å². The van der Waals surface area contributed by atoms with Crippen LogP contribution in [0.15, 0.2) is 41.7 Å². The molecule has 1 aliphatic rings. The van der Waals surface area contributed by atoms with Crippen LogP contribution in [0.5, 0.6) is 0 Å². The van der Waals surface area contributed by atoms with E-state index in [0.717, 1.165) is 0 Å². The Labute approximate surface area is 143 Å². The maximum atomic E-state index is 12.0. The Morgan fingerprint density at radius 2 is 2.00 bits per heavy atom. The number of carboxylic acids is 1. The number of rotatable bonds is 5. The second kappa shape index (κ2) is 6.64. The van der Waals surface area contributed by atoms with E-state index in [2.05, 4.69) is 15.5 Å². The molecule has 0 aliphatic carbocycles. The molecule has 24 heavy (non-hydrogen) atoms. The first-order chi connectivity index (χ1) is 11.6. The van der Waals surface area contributed by atoms with Crippen LogP contribution in [0, 0.1) is 0 Å². The number of halogens is 1. The third-order valence-electron chi connectivity index (χ3n) is 3.93. The molecule has 1 atom stereocenters. The Balaban J connectivity index is 2.26. The number of hydrogen-bond donors (Lipinski definition) is 3. The quantitative estimate of drug-likeness (QED) is 0.718. The van der Waals surface area contributed by atoms with Gasteiger partial charge in [0.25, 0.3) is 0 Å². The molecule has 0 amide bonds. The molecule has 8 heteroatoms. The van der Waals surface area contributed by atoms with Gasteiger partial charge in [0.2, 0.25) is 0 Å². The smallest absolute Gasteiger partial charge is 0.334 e. The predicted octanol–water partition coefficient (Wildman–Crippen LogP) is 2.58. The first kappa shape index (κ1) is 16.5. The van der Waals surface area contributed by atoms with E-state index in [1.54, 1.807) is 24.4 Å². The normalized spacial score (nSPS) is 16.9. The number of nitrogens with zero attached hydrogens (tertiary/aromatic N) is 1. The van der Waals surface area contributed by atoms with Crippen LogP contribution in [0.25, 0.3) is 0 Å². The van der Waals surface area contributed by atoms with E-state index in [1.807, 2.05) is 6.07 Å². The maximum Gasteiger partial charge on any atom is 0.334 e. The fraction of sp³-hybridized carbons (Fsp3) is 0.250. The third-order valence-corrected chi connectivity index (χ3v) is 4.27. The van der Waals surface area contributed by atoms with Gasteiger partial charge in [-0.2, -0.15) is 5.10 Å². The van der Waals surface area contributed by atoms with Gasteiger partial charge in [0.1, 0.15) is 5.82 Å². The Bertz CT molecular complexity index is 798. The van der Waals surface area contributed by atoms with E-state index in [-0.39, 0.29) is 5.57 Å². The van der Waals surface area contributed by atoms with Gasteiger partial charge in [0, 0.05) is 30.7 Å². The Morgan fingerprint density at radius 3 is 2.62 bits per heavy atom. The first-order valence-corrected chi connectivity index (χ1v) is 7.54. The van der Waals surface area contributed by atoms with Gasteiger partial charge in [-0.1, -0.05) is 29.8 Å². The van der Waals surface area contributed by atoms with Crippen molar-refractivity contribution in [2.24, 2.45) is 0 Å². The van der Waals surface area contributed by atoms with Crippen LogP contribution in [-0.4, -0.2) is 41.8 Å². The molecule has 2 aromatic rings. The minimum atomic E-state index is -1.09. The summed E-state index contributed by atoms with van der Waals surface area (Å²) in [6.45, 7) is 0. The molecule has 1 aromatic heterocycles. The molecule has 7 nitrogen and oxygen atoms in total. The Kier molecular flexibility index (Phi) is 4.57. The lowest BCUT2D eigenvalue weighted by atomic mass is 9.82. The highest BCUT2D eigenvalue weighted by molar-refractivity contribution is 6.31. The molecule has 0 saturated carbocycles. The number of aromatic amines is 1. The van der Waals surface area contributed by atoms with Crippen molar-refractivity contribution in [1.82, 2.24) is 10.2 Å². The lowest BCUT2D eigenvalue weighted by Crippen LogP contribution is -2.31. The molecular weight excluding hydrogens is 334 g/mol. The molecule has 0 radical (unpaired) electrons. The predicted molar refractivity (Wildman–Crippen MR) is 88.0 cm³/mol. The van der Waals surface area contributed by atoms with Crippen LogP contribution in [0.4, 0.5) is 5.82 Å². The summed E-state index contributed by atoms with van der Waals surface area (Å²) in [4.78, 5) is 12.0. The highest BCUT2D eigenvalue weighted by atomic mass is 35.5. The number of aromatic nitrogens is 2. The Hall–Kier alpha value is -2.35. The third kappa shape index (κ3) is 2.66. The molecular formula is C16H16ClN3O4. The summed E-state index contributed by atoms with van der Waals surface area (Å²) in [6.07, 6.45) is 0.725. The van der Waals surface area contributed by atoms with E-state index in [1.165, 1.54) is 14.2 Å². The van der Waals surface area contributed by atoms with Crippen LogP contribution in [0.2, 0.25) is 5.02 Å². The second-order valence-electron chi connectivity index (χ2n) is 5.22. The standard InChI is InChI=1S/C16H16ClN3O4/c1-23-16(24-2)13-12(15(21)22)11(8-5-3-4-6-10(8)17)9-7-18-20-14(9)19-13/h3-7,11,16H,1-2H3,(H,21,22)(H2,18,19,20). The number of aliphatic carboxylic acids is 1. The van der Waals surface area contributed by atoms with Gasteiger partial charge in [0.15, 0.2) is 6.29 Å². The average Bonchev–Trinajstić information content (AvgIpc) is 3.03. The van der Waals surface area contributed by atoms with E-state index in [0.29, 0.717) is 27.7 Å². The van der Waals surface area contributed by atoms with E-state index in [9.17, 15) is 9.90 Å². The summed E-state index contributed by atoms with van der Waals surface area (Å²) < 4.78 is 10.5. The highest BCUT2D eigenvalue weighted by Crippen LogP contribution is 2.43. The first-order valence-electron chi connectivity index (χ1n) is 7.16. The lowest BCUT2D eigenvalue weighted by Gasteiger charge is -2.30. The minimum Gasteiger partial charge on any atom is -0.478 e. The average molecular weight is 350 g/mol. The number of H-pyrrole nitrogens is 1. The van der Waals surface area contributed by atoms with Crippen molar-refractivity contribution in [1.29, 1.82) is 0 Å². The number of hydrogen-bond acceptors (Lipinski definition) is 5. The summed E-state index contributed by atoms with van der Waals surface area (Å²) >= 11 is 6.33. The summed E-state index contributed by atoms with van der Waals surface area (Å²) in [5, 5.41) is 20.2. The molecule has 0 saturated heterocycles. The molecule has 0 spiro atoms. The van der Waals surface area contributed by atoms with E-state index >= 15 is 0 Å². The highest BCUT2D eigenvalue weighted by Gasteiger charge is 2.38. The zero-order valence-electron chi connectivity index (χ0n) is 13.0. The largest absolute Gasteiger partial charge is 0.478 e. The van der Waals surface area contributed by atoms with Crippen molar-refractivity contribution >= 4 is 23.4 Å².